The topological polar surface area (TPSA) is 54.5 Å². The number of nitrogens with zero attached hydrogens (tertiary/aromatic N) is 1. The molecule has 0 bridgehead atoms. The molecule has 1 unspecified atom stereocenters. The normalized spacial score (nSPS) is 21.6. The zero-order chi connectivity index (χ0) is 11.6. The standard InChI is InChI=1S/C10H14NO3Se/c1-6(2)7(12)3-4-11-9(13)5-8(15)10(11)14/h6,8H,3-5H2,1-2H3. The Morgan fingerprint density at radius 3 is 2.53 bits per heavy atom. The number of imide groups is 1. The van der Waals surface area contributed by atoms with Crippen LogP contribution < -0.4 is 0 Å². The van der Waals surface area contributed by atoms with Crippen molar-refractivity contribution in [3.8, 4) is 0 Å². The van der Waals surface area contributed by atoms with Crippen LogP contribution in [0.2, 0.25) is 4.82 Å². The third-order valence-electron chi connectivity index (χ3n) is 2.43. The quantitative estimate of drug-likeness (QED) is 0.548. The molecule has 1 radical (unpaired) electrons. The molecule has 0 aromatic heterocycles. The van der Waals surface area contributed by atoms with Crippen LogP contribution in [-0.4, -0.2) is 45.1 Å². The van der Waals surface area contributed by atoms with Gasteiger partial charge in [-0.2, -0.15) is 0 Å². The second-order valence-corrected chi connectivity index (χ2v) is 5.14. The van der Waals surface area contributed by atoms with Gasteiger partial charge in [0.2, 0.25) is 0 Å². The van der Waals surface area contributed by atoms with Gasteiger partial charge < -0.3 is 0 Å². The van der Waals surface area contributed by atoms with Crippen LogP contribution in [0.3, 0.4) is 0 Å². The molecule has 1 saturated heterocycles. The van der Waals surface area contributed by atoms with Crippen LogP contribution in [0.4, 0.5) is 0 Å². The van der Waals surface area contributed by atoms with Crippen LogP contribution in [0, 0.1) is 5.92 Å². The second kappa shape index (κ2) is 4.90. The Hall–Kier alpha value is -0.671. The molecule has 1 heterocycles. The van der Waals surface area contributed by atoms with Crippen LogP contribution in [0.5, 0.6) is 0 Å². The van der Waals surface area contributed by atoms with Gasteiger partial charge in [0.15, 0.2) is 0 Å². The van der Waals surface area contributed by atoms with Gasteiger partial charge in [-0.15, -0.1) is 0 Å². The number of carbonyl (C=O) groups excluding carboxylic acids is 3. The predicted octanol–water partition coefficient (Wildman–Crippen LogP) is 0.317. The Labute approximate surface area is 97.2 Å². The summed E-state index contributed by atoms with van der Waals surface area (Å²) in [5.41, 5.74) is 0. The summed E-state index contributed by atoms with van der Waals surface area (Å²) < 4.78 is 0. The van der Waals surface area contributed by atoms with Crippen LogP contribution in [0.15, 0.2) is 0 Å². The van der Waals surface area contributed by atoms with Crippen molar-refractivity contribution in [2.24, 2.45) is 5.92 Å². The summed E-state index contributed by atoms with van der Waals surface area (Å²) in [5, 5.41) is 0. The van der Waals surface area contributed by atoms with E-state index < -0.39 is 0 Å². The van der Waals surface area contributed by atoms with E-state index in [0.29, 0.717) is 0 Å². The summed E-state index contributed by atoms with van der Waals surface area (Å²) in [6, 6.07) is 0. The average Bonchev–Trinajstić information content (AvgIpc) is 2.38. The van der Waals surface area contributed by atoms with Crippen LogP contribution >= 0.6 is 0 Å². The van der Waals surface area contributed by atoms with Gasteiger partial charge in [-0.3, -0.25) is 0 Å². The van der Waals surface area contributed by atoms with Crippen LogP contribution in [0.25, 0.3) is 0 Å². The first-order chi connectivity index (χ1) is 6.93. The molecule has 1 rings (SSSR count). The Morgan fingerprint density at radius 2 is 2.13 bits per heavy atom. The van der Waals surface area contributed by atoms with Gasteiger partial charge in [0, 0.05) is 0 Å². The zero-order valence-electron chi connectivity index (χ0n) is 8.86. The molecule has 0 saturated carbocycles. The fourth-order valence-electron chi connectivity index (χ4n) is 1.40. The molecular weight excluding hydrogens is 261 g/mol. The molecule has 0 aromatic carbocycles. The first kappa shape index (κ1) is 12.4. The summed E-state index contributed by atoms with van der Waals surface area (Å²) in [6.07, 6.45) is 0.497. The van der Waals surface area contributed by atoms with E-state index in [1.807, 2.05) is 13.8 Å². The number of ketones is 1. The monoisotopic (exact) mass is 276 g/mol. The van der Waals surface area contributed by atoms with Crippen LogP contribution in [0.1, 0.15) is 26.7 Å². The van der Waals surface area contributed by atoms with Gasteiger partial charge in [-0.05, 0) is 0 Å². The molecule has 5 heteroatoms. The van der Waals surface area contributed by atoms with E-state index in [-0.39, 0.29) is 47.7 Å². The van der Waals surface area contributed by atoms with E-state index in [1.54, 1.807) is 0 Å². The minimum atomic E-state index is -0.341. The molecule has 4 nitrogen and oxygen atoms in total. The van der Waals surface area contributed by atoms with Crippen LogP contribution in [-0.2, 0) is 14.4 Å². The van der Waals surface area contributed by atoms with E-state index >= 15 is 0 Å². The maximum absolute atomic E-state index is 11.5. The third-order valence-corrected chi connectivity index (χ3v) is 3.20. The molecule has 83 valence electrons. The SMILES string of the molecule is CC(C)C(=O)CCN1C(=O)CC([Se])C1=O. The summed E-state index contributed by atoms with van der Waals surface area (Å²) in [7, 11) is 0. The molecule has 0 spiro atoms. The van der Waals surface area contributed by atoms with Gasteiger partial charge in [-0.1, -0.05) is 0 Å². The number of rotatable bonds is 4. The molecule has 1 fully saturated rings. The fourth-order valence-corrected chi connectivity index (χ4v) is 1.96. The average molecular weight is 275 g/mol. The number of amides is 2. The van der Waals surface area contributed by atoms with Crippen molar-refractivity contribution in [2.45, 2.75) is 31.5 Å². The molecule has 0 aliphatic carbocycles. The molecule has 2 amide bonds. The summed E-state index contributed by atoms with van der Waals surface area (Å²) in [5.74, 6) is -0.335. The Balaban J connectivity index is 2.49. The first-order valence-electron chi connectivity index (χ1n) is 4.96. The van der Waals surface area contributed by atoms with Gasteiger partial charge in [0.25, 0.3) is 0 Å². The number of hydrogen-bond donors (Lipinski definition) is 0. The van der Waals surface area contributed by atoms with Gasteiger partial charge >= 0.3 is 96.9 Å². The minimum absolute atomic E-state index is 0.0400. The van der Waals surface area contributed by atoms with Crippen molar-refractivity contribution < 1.29 is 14.4 Å². The van der Waals surface area contributed by atoms with Gasteiger partial charge in [-0.25, -0.2) is 0 Å². The zero-order valence-corrected chi connectivity index (χ0v) is 10.6. The van der Waals surface area contributed by atoms with Crippen molar-refractivity contribution in [1.82, 2.24) is 4.90 Å². The van der Waals surface area contributed by atoms with Crippen molar-refractivity contribution in [2.75, 3.05) is 6.54 Å². The molecule has 1 aliphatic heterocycles. The molecular formula is C10H14NO3Se. The summed E-state index contributed by atoms with van der Waals surface area (Å²) in [4.78, 5) is 35.0. The summed E-state index contributed by atoms with van der Waals surface area (Å²) >= 11 is 2.66. The second-order valence-electron chi connectivity index (χ2n) is 3.95. The summed E-state index contributed by atoms with van der Waals surface area (Å²) in [6.45, 7) is 3.85. The Bertz CT molecular complexity index is 301. The first-order valence-corrected chi connectivity index (χ1v) is 5.95. The maximum atomic E-state index is 11.5. The van der Waals surface area contributed by atoms with Crippen molar-refractivity contribution >= 4 is 33.6 Å². The number of carbonyl (C=O) groups is 3. The van der Waals surface area contributed by atoms with E-state index in [1.165, 1.54) is 4.90 Å². The predicted molar refractivity (Wildman–Crippen MR) is 55.3 cm³/mol. The third kappa shape index (κ3) is 2.89. The van der Waals surface area contributed by atoms with E-state index in [0.717, 1.165) is 0 Å². The van der Waals surface area contributed by atoms with E-state index in [9.17, 15) is 14.4 Å². The Morgan fingerprint density at radius 1 is 1.53 bits per heavy atom. The van der Waals surface area contributed by atoms with Gasteiger partial charge in [0.05, 0.1) is 0 Å². The Kier molecular flexibility index (Phi) is 4.05. The fraction of sp³-hybridized carbons (Fsp3) is 0.700. The van der Waals surface area contributed by atoms with Crippen molar-refractivity contribution in [1.29, 1.82) is 0 Å². The molecule has 1 aliphatic rings. The molecule has 0 N–H and O–H groups in total. The molecule has 15 heavy (non-hydrogen) atoms. The van der Waals surface area contributed by atoms with Crippen molar-refractivity contribution in [3.05, 3.63) is 0 Å². The number of hydrogen-bond acceptors (Lipinski definition) is 3. The van der Waals surface area contributed by atoms with E-state index in [2.05, 4.69) is 16.0 Å². The number of Topliss-reactive ketones (excluding diaryl/α,β-unsaturated/α-hetero) is 1. The van der Waals surface area contributed by atoms with Gasteiger partial charge in [0.1, 0.15) is 0 Å². The molecule has 0 aromatic rings. The van der Waals surface area contributed by atoms with E-state index in [4.69, 9.17) is 0 Å². The number of likely N-dealkylation sites (tertiary alicyclic amines) is 1. The van der Waals surface area contributed by atoms with Crippen molar-refractivity contribution in [3.63, 3.8) is 0 Å². The molecule has 1 atom stereocenters.